The zero-order valence-electron chi connectivity index (χ0n) is 17.2. The Morgan fingerprint density at radius 3 is 2.56 bits per heavy atom. The molecule has 5 aromatic rings. The Hall–Kier alpha value is -3.97. The fraction of sp³-hybridized carbons (Fsp3) is 0.0833. The van der Waals surface area contributed by atoms with Crippen LogP contribution in [0.3, 0.4) is 0 Å². The molecular weight excluding hydrogens is 424 g/mol. The largest absolute Gasteiger partial charge is 0.383 e. The van der Waals surface area contributed by atoms with E-state index < -0.39 is 0 Å². The molecular formula is C24H19ClN6O. The second-order valence-electron chi connectivity index (χ2n) is 7.41. The number of fused-ring (bicyclic) bond motifs is 1. The maximum Gasteiger partial charge on any atom is 0.250 e. The van der Waals surface area contributed by atoms with Crippen molar-refractivity contribution in [1.29, 1.82) is 0 Å². The van der Waals surface area contributed by atoms with Gasteiger partial charge in [-0.1, -0.05) is 12.1 Å². The number of imidazole rings is 1. The van der Waals surface area contributed by atoms with Crippen molar-refractivity contribution in [2.75, 3.05) is 5.73 Å². The van der Waals surface area contributed by atoms with Gasteiger partial charge in [0.2, 0.25) is 0 Å². The monoisotopic (exact) mass is 442 g/mol. The zero-order chi connectivity index (χ0) is 22.2. The van der Waals surface area contributed by atoms with Crippen molar-refractivity contribution >= 4 is 28.6 Å². The predicted octanol–water partition coefficient (Wildman–Crippen LogP) is 4.17. The molecule has 0 aliphatic carbocycles. The van der Waals surface area contributed by atoms with Crippen LogP contribution >= 0.6 is 11.6 Å². The Bertz CT molecular complexity index is 1500. The first-order valence-electron chi connectivity index (χ1n) is 9.98. The van der Waals surface area contributed by atoms with Gasteiger partial charge in [-0.3, -0.25) is 9.36 Å². The third-order valence-electron chi connectivity index (χ3n) is 5.33. The highest BCUT2D eigenvalue weighted by Crippen LogP contribution is 2.31. The maximum atomic E-state index is 12.1. The predicted molar refractivity (Wildman–Crippen MR) is 127 cm³/mol. The molecule has 4 aromatic heterocycles. The SMILES string of the molecule is Cn1ccc(-c2ccc3nc(-c4cccnc4N)n(-c4ccc(CCl)cc4)c3n2)cc1=O. The van der Waals surface area contributed by atoms with E-state index in [1.165, 1.54) is 4.57 Å². The first kappa shape index (κ1) is 20.0. The third kappa shape index (κ3) is 3.42. The quantitative estimate of drug-likeness (QED) is 0.422. The molecule has 0 bridgehead atoms. The molecule has 0 fully saturated rings. The lowest BCUT2D eigenvalue weighted by molar-refractivity contribution is 0.861. The Morgan fingerprint density at radius 2 is 1.84 bits per heavy atom. The standard InChI is InChI=1S/C24H19ClN6O/c1-30-12-10-16(13-21(30)32)19-8-9-20-24(28-19)31(17-6-4-15(14-25)5-7-17)23(29-20)18-3-2-11-27-22(18)26/h2-13H,14H2,1H3,(H2,26,27). The number of hydrogen-bond acceptors (Lipinski definition) is 5. The fourth-order valence-corrected chi connectivity index (χ4v) is 3.77. The van der Waals surface area contributed by atoms with Gasteiger partial charge in [-0.2, -0.15) is 0 Å². The van der Waals surface area contributed by atoms with Gasteiger partial charge in [0, 0.05) is 42.6 Å². The zero-order valence-corrected chi connectivity index (χ0v) is 18.0. The molecule has 0 aliphatic rings. The van der Waals surface area contributed by atoms with E-state index in [2.05, 4.69) is 4.98 Å². The van der Waals surface area contributed by atoms with Crippen LogP contribution in [0.25, 0.3) is 39.5 Å². The van der Waals surface area contributed by atoms with Gasteiger partial charge < -0.3 is 10.3 Å². The van der Waals surface area contributed by atoms with Crippen LogP contribution in [-0.4, -0.2) is 24.1 Å². The number of aryl methyl sites for hydroxylation is 1. The van der Waals surface area contributed by atoms with Crippen LogP contribution in [0.5, 0.6) is 0 Å². The second kappa shape index (κ2) is 7.94. The van der Waals surface area contributed by atoms with Crippen LogP contribution in [0.2, 0.25) is 0 Å². The molecule has 0 amide bonds. The Labute approximate surface area is 188 Å². The number of benzene rings is 1. The number of nitrogens with zero attached hydrogens (tertiary/aromatic N) is 5. The summed E-state index contributed by atoms with van der Waals surface area (Å²) in [5.74, 6) is 1.45. The summed E-state index contributed by atoms with van der Waals surface area (Å²) in [5.41, 5.74) is 11.4. The molecule has 0 spiro atoms. The van der Waals surface area contributed by atoms with E-state index in [1.54, 1.807) is 25.5 Å². The van der Waals surface area contributed by atoms with E-state index in [1.807, 2.05) is 59.2 Å². The Kier molecular flexibility index (Phi) is 4.95. The minimum Gasteiger partial charge on any atom is -0.383 e. The van der Waals surface area contributed by atoms with E-state index >= 15 is 0 Å². The lowest BCUT2D eigenvalue weighted by Gasteiger charge is -2.11. The molecule has 0 saturated heterocycles. The van der Waals surface area contributed by atoms with Gasteiger partial charge in [-0.05, 0) is 48.0 Å². The average Bonchev–Trinajstić information content (AvgIpc) is 3.19. The third-order valence-corrected chi connectivity index (χ3v) is 5.64. The number of aromatic nitrogens is 5. The first-order valence-corrected chi connectivity index (χ1v) is 10.5. The molecule has 2 N–H and O–H groups in total. The van der Waals surface area contributed by atoms with Crippen LogP contribution in [0, 0.1) is 0 Å². The maximum absolute atomic E-state index is 12.1. The lowest BCUT2D eigenvalue weighted by Crippen LogP contribution is -2.14. The molecule has 7 nitrogen and oxygen atoms in total. The molecule has 4 heterocycles. The van der Waals surface area contributed by atoms with E-state index in [0.717, 1.165) is 16.8 Å². The van der Waals surface area contributed by atoms with E-state index in [4.69, 9.17) is 27.3 Å². The summed E-state index contributed by atoms with van der Waals surface area (Å²) in [4.78, 5) is 26.1. The number of nitrogen functional groups attached to an aromatic ring is 1. The van der Waals surface area contributed by atoms with Crippen LogP contribution < -0.4 is 11.3 Å². The van der Waals surface area contributed by atoms with Gasteiger partial charge in [0.1, 0.15) is 11.3 Å². The average molecular weight is 443 g/mol. The van der Waals surface area contributed by atoms with Crippen molar-refractivity contribution in [1.82, 2.24) is 24.1 Å². The van der Waals surface area contributed by atoms with E-state index in [9.17, 15) is 4.79 Å². The molecule has 1 aromatic carbocycles. The van der Waals surface area contributed by atoms with Crippen molar-refractivity contribution in [2.24, 2.45) is 7.05 Å². The number of pyridine rings is 3. The van der Waals surface area contributed by atoms with E-state index in [0.29, 0.717) is 39.9 Å². The number of alkyl halides is 1. The molecule has 5 rings (SSSR count). The summed E-state index contributed by atoms with van der Waals surface area (Å²) in [7, 11) is 1.72. The minimum absolute atomic E-state index is 0.0987. The fourth-order valence-electron chi connectivity index (χ4n) is 3.59. The number of hydrogen-bond donors (Lipinski definition) is 1. The molecule has 8 heteroatoms. The molecule has 0 radical (unpaired) electrons. The normalized spacial score (nSPS) is 11.2. The highest BCUT2D eigenvalue weighted by atomic mass is 35.5. The summed E-state index contributed by atoms with van der Waals surface area (Å²) in [6.07, 6.45) is 3.38. The smallest absolute Gasteiger partial charge is 0.250 e. The molecule has 0 atom stereocenters. The summed E-state index contributed by atoms with van der Waals surface area (Å²) in [6.45, 7) is 0. The molecule has 32 heavy (non-hydrogen) atoms. The van der Waals surface area contributed by atoms with Gasteiger partial charge in [0.15, 0.2) is 11.5 Å². The minimum atomic E-state index is -0.0987. The highest BCUT2D eigenvalue weighted by Gasteiger charge is 2.18. The van der Waals surface area contributed by atoms with Crippen molar-refractivity contribution in [3.8, 4) is 28.3 Å². The van der Waals surface area contributed by atoms with Gasteiger partial charge >= 0.3 is 0 Å². The van der Waals surface area contributed by atoms with Gasteiger partial charge in [0.25, 0.3) is 5.56 Å². The van der Waals surface area contributed by atoms with Crippen molar-refractivity contribution in [3.05, 3.63) is 89.0 Å². The molecule has 0 aliphatic heterocycles. The number of anilines is 1. The summed E-state index contributed by atoms with van der Waals surface area (Å²) in [5, 5.41) is 0. The van der Waals surface area contributed by atoms with E-state index in [-0.39, 0.29) is 5.56 Å². The topological polar surface area (TPSA) is 91.6 Å². The molecule has 0 unspecified atom stereocenters. The van der Waals surface area contributed by atoms with Crippen LogP contribution in [0.1, 0.15) is 5.56 Å². The Morgan fingerprint density at radius 1 is 1.03 bits per heavy atom. The van der Waals surface area contributed by atoms with Crippen LogP contribution in [0.15, 0.2) is 77.9 Å². The second-order valence-corrected chi connectivity index (χ2v) is 7.68. The number of nitrogens with two attached hydrogens (primary N) is 1. The highest BCUT2D eigenvalue weighted by molar-refractivity contribution is 6.17. The van der Waals surface area contributed by atoms with Gasteiger partial charge in [-0.25, -0.2) is 15.0 Å². The first-order chi connectivity index (χ1) is 15.5. The molecule has 0 saturated carbocycles. The van der Waals surface area contributed by atoms with Crippen LogP contribution in [-0.2, 0) is 12.9 Å². The summed E-state index contributed by atoms with van der Waals surface area (Å²) < 4.78 is 3.47. The Balaban J connectivity index is 1.78. The van der Waals surface area contributed by atoms with Crippen molar-refractivity contribution < 1.29 is 0 Å². The van der Waals surface area contributed by atoms with Crippen molar-refractivity contribution in [2.45, 2.75) is 5.88 Å². The number of rotatable bonds is 4. The van der Waals surface area contributed by atoms with Gasteiger partial charge in [-0.15, -0.1) is 11.6 Å². The van der Waals surface area contributed by atoms with Gasteiger partial charge in [0.05, 0.1) is 11.3 Å². The summed E-state index contributed by atoms with van der Waals surface area (Å²) in [6, 6.07) is 18.8. The van der Waals surface area contributed by atoms with Crippen LogP contribution in [0.4, 0.5) is 5.82 Å². The summed E-state index contributed by atoms with van der Waals surface area (Å²) >= 11 is 5.98. The lowest BCUT2D eigenvalue weighted by atomic mass is 10.1. The van der Waals surface area contributed by atoms with Crippen molar-refractivity contribution in [3.63, 3.8) is 0 Å². The molecule has 158 valence electrons. The number of halogens is 1.